The summed E-state index contributed by atoms with van der Waals surface area (Å²) in [5.74, 6) is -0.208. The Balaban J connectivity index is 0.00000456. The molecular formula is C26H29Cl3N4O3. The highest BCUT2D eigenvalue weighted by molar-refractivity contribution is 6.42. The second-order valence-electron chi connectivity index (χ2n) is 8.15. The summed E-state index contributed by atoms with van der Waals surface area (Å²) in [6.07, 6.45) is 2.92. The fourth-order valence-corrected chi connectivity index (χ4v) is 3.68. The first-order chi connectivity index (χ1) is 16.8. The minimum atomic E-state index is -0.921. The summed E-state index contributed by atoms with van der Waals surface area (Å²) in [6, 6.07) is 15.1. The molecule has 0 spiro atoms. The third-order valence-corrected chi connectivity index (χ3v) is 6.40. The quantitative estimate of drug-likeness (QED) is 0.299. The van der Waals surface area contributed by atoms with Crippen molar-refractivity contribution >= 4 is 53.2 Å². The fraction of sp³-hybridized carbons (Fsp3) is 0.269. The second-order valence-corrected chi connectivity index (χ2v) is 8.96. The van der Waals surface area contributed by atoms with E-state index in [1.807, 2.05) is 26.0 Å². The number of urea groups is 1. The Hall–Kier alpha value is -2.84. The smallest absolute Gasteiger partial charge is 0.322 e. The summed E-state index contributed by atoms with van der Waals surface area (Å²) in [5, 5.41) is 17.2. The largest absolute Gasteiger partial charge is 0.387 e. The molecule has 0 saturated carbocycles. The summed E-state index contributed by atoms with van der Waals surface area (Å²) in [7, 11) is 0. The monoisotopic (exact) mass is 550 g/mol. The summed E-state index contributed by atoms with van der Waals surface area (Å²) < 4.78 is 0. The van der Waals surface area contributed by atoms with Gasteiger partial charge in [0.25, 0.3) is 5.91 Å². The first-order valence-electron chi connectivity index (χ1n) is 11.3. The van der Waals surface area contributed by atoms with E-state index < -0.39 is 6.10 Å². The van der Waals surface area contributed by atoms with Crippen LogP contribution >= 0.6 is 35.6 Å². The number of benzene rings is 2. The number of hydrogen-bond donors (Lipinski definition) is 3. The molecule has 10 heteroatoms. The van der Waals surface area contributed by atoms with Crippen LogP contribution in [0.4, 0.5) is 10.5 Å². The van der Waals surface area contributed by atoms with Crippen LogP contribution in [0.2, 0.25) is 10.0 Å². The molecule has 3 rings (SSSR count). The van der Waals surface area contributed by atoms with Crippen LogP contribution in [0, 0.1) is 0 Å². The maximum Gasteiger partial charge on any atom is 0.322 e. The first-order valence-corrected chi connectivity index (χ1v) is 12.0. The highest BCUT2D eigenvalue weighted by atomic mass is 35.5. The molecule has 2 aromatic carbocycles. The molecule has 3 amide bonds. The third kappa shape index (κ3) is 8.10. The Morgan fingerprint density at radius 3 is 2.42 bits per heavy atom. The lowest BCUT2D eigenvalue weighted by Crippen LogP contribution is -2.43. The molecule has 3 N–H and O–H groups in total. The summed E-state index contributed by atoms with van der Waals surface area (Å²) >= 11 is 12.0. The zero-order valence-corrected chi connectivity index (χ0v) is 22.3. The minimum Gasteiger partial charge on any atom is -0.387 e. The van der Waals surface area contributed by atoms with Gasteiger partial charge >= 0.3 is 6.03 Å². The Bertz CT molecular complexity index is 1150. The average molecular weight is 552 g/mol. The lowest BCUT2D eigenvalue weighted by Gasteiger charge is -2.31. The molecule has 7 nitrogen and oxygen atoms in total. The van der Waals surface area contributed by atoms with E-state index in [4.69, 9.17) is 23.2 Å². The first kappa shape index (κ1) is 29.4. The topological polar surface area (TPSA) is 94.6 Å². The van der Waals surface area contributed by atoms with E-state index in [1.165, 1.54) is 6.20 Å². The summed E-state index contributed by atoms with van der Waals surface area (Å²) in [6.45, 7) is 4.34. The van der Waals surface area contributed by atoms with Crippen molar-refractivity contribution in [1.29, 1.82) is 0 Å². The number of pyridine rings is 1. The number of aliphatic hydroxyl groups is 1. The number of nitrogens with one attached hydrogen (secondary N) is 2. The molecule has 0 radical (unpaired) electrons. The molecule has 0 fully saturated rings. The summed E-state index contributed by atoms with van der Waals surface area (Å²) in [4.78, 5) is 30.8. The highest BCUT2D eigenvalue weighted by Gasteiger charge is 2.23. The van der Waals surface area contributed by atoms with Crippen molar-refractivity contribution in [2.24, 2.45) is 0 Å². The van der Waals surface area contributed by atoms with Crippen LogP contribution in [0.5, 0.6) is 0 Å². The third-order valence-electron chi connectivity index (χ3n) is 5.66. The lowest BCUT2D eigenvalue weighted by molar-refractivity contribution is 0.0950. The van der Waals surface area contributed by atoms with Gasteiger partial charge in [-0.25, -0.2) is 4.79 Å². The predicted molar refractivity (Wildman–Crippen MR) is 146 cm³/mol. The molecule has 0 unspecified atom stereocenters. The van der Waals surface area contributed by atoms with Gasteiger partial charge < -0.3 is 20.6 Å². The Morgan fingerprint density at radius 1 is 1.08 bits per heavy atom. The Morgan fingerprint density at radius 2 is 1.81 bits per heavy atom. The van der Waals surface area contributed by atoms with Gasteiger partial charge in [0, 0.05) is 30.7 Å². The van der Waals surface area contributed by atoms with Crippen LogP contribution in [-0.4, -0.2) is 39.5 Å². The Labute approximate surface area is 227 Å². The number of rotatable bonds is 9. The van der Waals surface area contributed by atoms with Gasteiger partial charge in [0.05, 0.1) is 28.3 Å². The molecule has 36 heavy (non-hydrogen) atoms. The van der Waals surface area contributed by atoms with Crippen molar-refractivity contribution in [2.75, 3.05) is 11.9 Å². The SMILES string of the molecule is CC[C@@H](C)N(C[C@@H](O)c1ccc(Cl)c(Cl)c1)C(=O)Nc1ccc(CNC(=O)c2cccnc2)cc1.Cl. The minimum absolute atomic E-state index is 0. The number of anilines is 1. The van der Waals surface area contributed by atoms with Gasteiger partial charge in [0.1, 0.15) is 0 Å². The maximum atomic E-state index is 13.1. The van der Waals surface area contributed by atoms with Crippen LogP contribution in [0.25, 0.3) is 0 Å². The standard InChI is InChI=1S/C26H28Cl2N4O3.ClH/c1-3-17(2)32(16-24(33)19-8-11-22(27)23(28)13-19)26(35)31-21-9-6-18(7-10-21)14-30-25(34)20-5-4-12-29-15-20;/h4-13,15,17,24,33H,3,14,16H2,1-2H3,(H,30,34)(H,31,35);1H/t17-,24-;/m1./s1. The van der Waals surface area contributed by atoms with Crippen LogP contribution < -0.4 is 10.6 Å². The van der Waals surface area contributed by atoms with Crippen molar-refractivity contribution in [3.8, 4) is 0 Å². The number of nitrogens with zero attached hydrogens (tertiary/aromatic N) is 2. The van der Waals surface area contributed by atoms with Crippen molar-refractivity contribution in [1.82, 2.24) is 15.2 Å². The van der Waals surface area contributed by atoms with E-state index in [9.17, 15) is 14.7 Å². The molecule has 0 aliphatic rings. The van der Waals surface area contributed by atoms with E-state index >= 15 is 0 Å². The van der Waals surface area contributed by atoms with Gasteiger partial charge in [0.15, 0.2) is 0 Å². The van der Waals surface area contributed by atoms with Gasteiger partial charge in [0.2, 0.25) is 0 Å². The average Bonchev–Trinajstić information content (AvgIpc) is 2.88. The summed E-state index contributed by atoms with van der Waals surface area (Å²) in [5.41, 5.74) is 2.56. The van der Waals surface area contributed by atoms with Gasteiger partial charge in [-0.3, -0.25) is 9.78 Å². The molecule has 2 atom stereocenters. The van der Waals surface area contributed by atoms with Gasteiger partial charge in [-0.2, -0.15) is 0 Å². The number of halogens is 3. The molecule has 192 valence electrons. The lowest BCUT2D eigenvalue weighted by atomic mass is 10.1. The number of carbonyl (C=O) groups is 2. The number of aromatic nitrogens is 1. The van der Waals surface area contributed by atoms with Crippen molar-refractivity contribution in [3.63, 3.8) is 0 Å². The molecule has 3 aromatic rings. The molecule has 0 saturated heterocycles. The zero-order chi connectivity index (χ0) is 25.4. The number of amides is 3. The number of carbonyl (C=O) groups excluding carboxylic acids is 2. The van der Waals surface area contributed by atoms with E-state index in [2.05, 4.69) is 15.6 Å². The molecular weight excluding hydrogens is 523 g/mol. The highest BCUT2D eigenvalue weighted by Crippen LogP contribution is 2.26. The van der Waals surface area contributed by atoms with Gasteiger partial charge in [-0.1, -0.05) is 48.3 Å². The van der Waals surface area contributed by atoms with Crippen LogP contribution in [0.1, 0.15) is 47.9 Å². The van der Waals surface area contributed by atoms with E-state index in [1.54, 1.807) is 53.6 Å². The number of hydrogen-bond acceptors (Lipinski definition) is 4. The van der Waals surface area contributed by atoms with Crippen LogP contribution in [0.15, 0.2) is 67.0 Å². The normalized spacial score (nSPS) is 12.1. The van der Waals surface area contributed by atoms with Crippen molar-refractivity contribution < 1.29 is 14.7 Å². The molecule has 1 heterocycles. The maximum absolute atomic E-state index is 13.1. The molecule has 1 aromatic heterocycles. The molecule has 0 bridgehead atoms. The molecule has 0 aliphatic carbocycles. The molecule has 0 aliphatic heterocycles. The Kier molecular flexibility index (Phi) is 11.5. The van der Waals surface area contributed by atoms with E-state index in [0.29, 0.717) is 33.4 Å². The fourth-order valence-electron chi connectivity index (χ4n) is 3.38. The van der Waals surface area contributed by atoms with Crippen LogP contribution in [-0.2, 0) is 6.54 Å². The zero-order valence-electron chi connectivity index (χ0n) is 19.9. The number of aliphatic hydroxyl groups excluding tert-OH is 1. The predicted octanol–water partition coefficient (Wildman–Crippen LogP) is 6.11. The van der Waals surface area contributed by atoms with Gasteiger partial charge in [-0.15, -0.1) is 12.4 Å². The van der Waals surface area contributed by atoms with Crippen molar-refractivity contribution in [2.45, 2.75) is 39.0 Å². The second kappa shape index (κ2) is 14.0. The van der Waals surface area contributed by atoms with E-state index in [-0.39, 0.29) is 36.9 Å². The van der Waals surface area contributed by atoms with Crippen LogP contribution in [0.3, 0.4) is 0 Å². The van der Waals surface area contributed by atoms with E-state index in [0.717, 1.165) is 12.0 Å². The van der Waals surface area contributed by atoms with Crippen molar-refractivity contribution in [3.05, 3.63) is 93.7 Å². The van der Waals surface area contributed by atoms with Gasteiger partial charge in [-0.05, 0) is 60.9 Å².